The standard InChI is InChI=1S/C14H20O2/c1-5-16-13-8-6-7-12(9-13)14(3,4)10-11(2)15/h6-9H,5,10H2,1-4H3. The first-order valence-electron chi connectivity index (χ1n) is 5.68. The summed E-state index contributed by atoms with van der Waals surface area (Å²) in [4.78, 5) is 11.2. The monoisotopic (exact) mass is 220 g/mol. The summed E-state index contributed by atoms with van der Waals surface area (Å²) in [7, 11) is 0. The average molecular weight is 220 g/mol. The van der Waals surface area contributed by atoms with Crippen LogP contribution < -0.4 is 4.74 Å². The molecule has 2 heteroatoms. The summed E-state index contributed by atoms with van der Waals surface area (Å²) in [5, 5.41) is 0. The van der Waals surface area contributed by atoms with Gasteiger partial charge in [0.05, 0.1) is 6.61 Å². The SMILES string of the molecule is CCOc1cccc(C(C)(C)CC(C)=O)c1. The number of benzene rings is 1. The molecule has 1 aromatic carbocycles. The van der Waals surface area contributed by atoms with E-state index in [2.05, 4.69) is 13.8 Å². The number of ketones is 1. The van der Waals surface area contributed by atoms with Crippen LogP contribution in [0.1, 0.15) is 39.7 Å². The van der Waals surface area contributed by atoms with Crippen molar-refractivity contribution in [3.8, 4) is 5.75 Å². The van der Waals surface area contributed by atoms with Gasteiger partial charge in [-0.3, -0.25) is 4.79 Å². The molecule has 0 N–H and O–H groups in total. The fourth-order valence-electron chi connectivity index (χ4n) is 1.90. The molecule has 0 fully saturated rings. The highest BCUT2D eigenvalue weighted by Gasteiger charge is 2.22. The molecule has 0 amide bonds. The maximum atomic E-state index is 11.2. The number of hydrogen-bond acceptors (Lipinski definition) is 2. The highest BCUT2D eigenvalue weighted by molar-refractivity contribution is 5.77. The first kappa shape index (κ1) is 12.8. The quantitative estimate of drug-likeness (QED) is 0.760. The normalized spacial score (nSPS) is 11.2. The van der Waals surface area contributed by atoms with Crippen LogP contribution in [0, 0.1) is 0 Å². The molecule has 0 bridgehead atoms. The Morgan fingerprint density at radius 1 is 1.38 bits per heavy atom. The zero-order valence-corrected chi connectivity index (χ0v) is 10.5. The molecular weight excluding hydrogens is 200 g/mol. The van der Waals surface area contributed by atoms with Gasteiger partial charge in [-0.15, -0.1) is 0 Å². The lowest BCUT2D eigenvalue weighted by molar-refractivity contribution is -0.118. The van der Waals surface area contributed by atoms with Gasteiger partial charge in [0.1, 0.15) is 11.5 Å². The smallest absolute Gasteiger partial charge is 0.130 e. The van der Waals surface area contributed by atoms with E-state index < -0.39 is 0 Å². The van der Waals surface area contributed by atoms with Crippen LogP contribution in [0.5, 0.6) is 5.75 Å². The van der Waals surface area contributed by atoms with E-state index in [1.807, 2.05) is 31.2 Å². The lowest BCUT2D eigenvalue weighted by Crippen LogP contribution is -2.20. The Kier molecular flexibility index (Phi) is 4.11. The van der Waals surface area contributed by atoms with Crippen LogP contribution in [0.15, 0.2) is 24.3 Å². The number of carbonyl (C=O) groups is 1. The summed E-state index contributed by atoms with van der Waals surface area (Å²) in [6.07, 6.45) is 0.558. The molecule has 0 atom stereocenters. The van der Waals surface area contributed by atoms with E-state index in [0.717, 1.165) is 11.3 Å². The predicted octanol–water partition coefficient (Wildman–Crippen LogP) is 3.34. The summed E-state index contributed by atoms with van der Waals surface area (Å²) in [5.74, 6) is 1.09. The zero-order chi connectivity index (χ0) is 12.2. The second kappa shape index (κ2) is 5.15. The molecule has 0 saturated carbocycles. The van der Waals surface area contributed by atoms with Crippen LogP contribution in [0.4, 0.5) is 0 Å². The molecule has 16 heavy (non-hydrogen) atoms. The van der Waals surface area contributed by atoms with Crippen molar-refractivity contribution in [1.29, 1.82) is 0 Å². The van der Waals surface area contributed by atoms with Crippen LogP contribution in [0.25, 0.3) is 0 Å². The Bertz CT molecular complexity index is 367. The van der Waals surface area contributed by atoms with Gasteiger partial charge in [-0.25, -0.2) is 0 Å². The Hall–Kier alpha value is -1.31. The second-order valence-corrected chi connectivity index (χ2v) is 4.72. The third-order valence-electron chi connectivity index (χ3n) is 2.62. The molecular formula is C14H20O2. The van der Waals surface area contributed by atoms with E-state index in [-0.39, 0.29) is 11.2 Å². The molecule has 0 saturated heterocycles. The van der Waals surface area contributed by atoms with Crippen molar-refractivity contribution in [2.45, 2.75) is 39.5 Å². The number of ether oxygens (including phenoxy) is 1. The Morgan fingerprint density at radius 3 is 2.62 bits per heavy atom. The van der Waals surface area contributed by atoms with Crippen molar-refractivity contribution in [2.75, 3.05) is 6.61 Å². The van der Waals surface area contributed by atoms with Gasteiger partial charge in [0, 0.05) is 6.42 Å². The zero-order valence-electron chi connectivity index (χ0n) is 10.5. The first-order valence-corrected chi connectivity index (χ1v) is 5.68. The molecule has 2 nitrogen and oxygen atoms in total. The van der Waals surface area contributed by atoms with Gasteiger partial charge in [0.15, 0.2) is 0 Å². The Balaban J connectivity index is 2.93. The van der Waals surface area contributed by atoms with Crippen LogP contribution in [-0.2, 0) is 10.2 Å². The highest BCUT2D eigenvalue weighted by atomic mass is 16.5. The highest BCUT2D eigenvalue weighted by Crippen LogP contribution is 2.29. The molecule has 88 valence electrons. The van der Waals surface area contributed by atoms with Gasteiger partial charge in [-0.05, 0) is 37.0 Å². The molecule has 0 aliphatic heterocycles. The second-order valence-electron chi connectivity index (χ2n) is 4.72. The molecule has 0 unspecified atom stereocenters. The lowest BCUT2D eigenvalue weighted by atomic mass is 9.80. The summed E-state index contributed by atoms with van der Waals surface area (Å²) >= 11 is 0. The fraction of sp³-hybridized carbons (Fsp3) is 0.500. The third kappa shape index (κ3) is 3.37. The van der Waals surface area contributed by atoms with E-state index in [1.54, 1.807) is 6.92 Å². The van der Waals surface area contributed by atoms with E-state index in [9.17, 15) is 4.79 Å². The predicted molar refractivity (Wildman–Crippen MR) is 65.9 cm³/mol. The van der Waals surface area contributed by atoms with Crippen LogP contribution in [-0.4, -0.2) is 12.4 Å². The topological polar surface area (TPSA) is 26.3 Å². The minimum Gasteiger partial charge on any atom is -0.494 e. The summed E-state index contributed by atoms with van der Waals surface area (Å²) in [5.41, 5.74) is 1.02. The number of carbonyl (C=O) groups excluding carboxylic acids is 1. The van der Waals surface area contributed by atoms with E-state index in [4.69, 9.17) is 4.74 Å². The minimum absolute atomic E-state index is 0.126. The molecule has 0 aliphatic rings. The van der Waals surface area contributed by atoms with Crippen molar-refractivity contribution in [2.24, 2.45) is 0 Å². The largest absolute Gasteiger partial charge is 0.494 e. The molecule has 0 aliphatic carbocycles. The molecule has 0 heterocycles. The molecule has 1 aromatic rings. The van der Waals surface area contributed by atoms with Crippen molar-refractivity contribution >= 4 is 5.78 Å². The van der Waals surface area contributed by atoms with Crippen molar-refractivity contribution < 1.29 is 9.53 Å². The lowest BCUT2D eigenvalue weighted by Gasteiger charge is -2.24. The summed E-state index contributed by atoms with van der Waals surface area (Å²) in [6, 6.07) is 7.98. The van der Waals surface area contributed by atoms with Gasteiger partial charge in [-0.1, -0.05) is 26.0 Å². The van der Waals surface area contributed by atoms with E-state index in [1.165, 1.54) is 0 Å². The molecule has 0 spiro atoms. The van der Waals surface area contributed by atoms with E-state index >= 15 is 0 Å². The third-order valence-corrected chi connectivity index (χ3v) is 2.62. The van der Waals surface area contributed by atoms with Crippen LogP contribution >= 0.6 is 0 Å². The van der Waals surface area contributed by atoms with E-state index in [0.29, 0.717) is 13.0 Å². The molecule has 1 rings (SSSR count). The maximum absolute atomic E-state index is 11.2. The number of Topliss-reactive ketones (excluding diaryl/α,β-unsaturated/α-hetero) is 1. The average Bonchev–Trinajstić information content (AvgIpc) is 2.16. The number of hydrogen-bond donors (Lipinski definition) is 0. The van der Waals surface area contributed by atoms with Gasteiger partial charge in [0.25, 0.3) is 0 Å². The van der Waals surface area contributed by atoms with Crippen molar-refractivity contribution in [1.82, 2.24) is 0 Å². The minimum atomic E-state index is -0.126. The fourth-order valence-corrected chi connectivity index (χ4v) is 1.90. The summed E-state index contributed by atoms with van der Waals surface area (Å²) in [6.45, 7) is 8.43. The first-order chi connectivity index (χ1) is 7.45. The van der Waals surface area contributed by atoms with Crippen molar-refractivity contribution in [3.63, 3.8) is 0 Å². The van der Waals surface area contributed by atoms with Crippen molar-refractivity contribution in [3.05, 3.63) is 29.8 Å². The van der Waals surface area contributed by atoms with Gasteiger partial charge < -0.3 is 4.74 Å². The Morgan fingerprint density at radius 2 is 2.06 bits per heavy atom. The van der Waals surface area contributed by atoms with Gasteiger partial charge in [-0.2, -0.15) is 0 Å². The van der Waals surface area contributed by atoms with Gasteiger partial charge >= 0.3 is 0 Å². The van der Waals surface area contributed by atoms with Crippen LogP contribution in [0.3, 0.4) is 0 Å². The molecule has 0 radical (unpaired) electrons. The van der Waals surface area contributed by atoms with Crippen LogP contribution in [0.2, 0.25) is 0 Å². The van der Waals surface area contributed by atoms with Gasteiger partial charge in [0.2, 0.25) is 0 Å². The maximum Gasteiger partial charge on any atom is 0.130 e. The number of rotatable bonds is 5. The molecule has 0 aromatic heterocycles. The summed E-state index contributed by atoms with van der Waals surface area (Å²) < 4.78 is 5.46. The Labute approximate surface area is 97.6 Å².